The van der Waals surface area contributed by atoms with Crippen LogP contribution in [0.25, 0.3) is 0 Å². The lowest BCUT2D eigenvalue weighted by Gasteiger charge is -2.16. The van der Waals surface area contributed by atoms with Crippen LogP contribution in [0, 0.1) is 5.92 Å². The molecule has 2 nitrogen and oxygen atoms in total. The van der Waals surface area contributed by atoms with Gasteiger partial charge in [-0.1, -0.05) is 18.9 Å². The summed E-state index contributed by atoms with van der Waals surface area (Å²) in [7, 11) is 0. The Morgan fingerprint density at radius 2 is 1.62 bits per heavy atom. The van der Waals surface area contributed by atoms with E-state index in [-0.39, 0.29) is 12.1 Å². The quantitative estimate of drug-likeness (QED) is 0.538. The Balaban J connectivity index is 1.90. The fourth-order valence-corrected chi connectivity index (χ4v) is 2.98. The van der Waals surface area contributed by atoms with Crippen LogP contribution in [0.2, 0.25) is 0 Å². The first-order valence-electron chi connectivity index (χ1n) is 6.68. The molecule has 0 spiro atoms. The predicted molar refractivity (Wildman–Crippen MR) is 64.1 cm³/mol. The number of hydrogen-bond donors (Lipinski definition) is 0. The second-order valence-corrected chi connectivity index (χ2v) is 5.04. The van der Waals surface area contributed by atoms with Crippen LogP contribution in [0.3, 0.4) is 0 Å². The second-order valence-electron chi connectivity index (χ2n) is 5.04. The molecule has 0 bridgehead atoms. The van der Waals surface area contributed by atoms with Crippen molar-refractivity contribution >= 4 is 5.97 Å². The summed E-state index contributed by atoms with van der Waals surface area (Å²) in [5.74, 6) is 0.431. The molecule has 0 amide bonds. The lowest BCUT2D eigenvalue weighted by Crippen LogP contribution is -2.19. The molecule has 0 aromatic rings. The molecular weight excluding hydrogens is 200 g/mol. The van der Waals surface area contributed by atoms with Crippen molar-refractivity contribution in [1.82, 2.24) is 0 Å². The minimum atomic E-state index is -0.0405. The monoisotopic (exact) mass is 222 g/mol. The molecule has 2 aliphatic carbocycles. The van der Waals surface area contributed by atoms with Crippen molar-refractivity contribution < 1.29 is 9.53 Å². The van der Waals surface area contributed by atoms with Gasteiger partial charge in [0.15, 0.2) is 0 Å². The first kappa shape index (κ1) is 11.7. The van der Waals surface area contributed by atoms with Crippen LogP contribution in [-0.2, 0) is 9.53 Å². The smallest absolute Gasteiger partial charge is 0.334 e. The molecule has 2 fully saturated rings. The molecule has 2 heteroatoms. The summed E-state index contributed by atoms with van der Waals surface area (Å²) in [6, 6.07) is 0. The van der Waals surface area contributed by atoms with Gasteiger partial charge < -0.3 is 4.74 Å². The van der Waals surface area contributed by atoms with Gasteiger partial charge in [0.2, 0.25) is 0 Å². The van der Waals surface area contributed by atoms with Crippen molar-refractivity contribution in [3.8, 4) is 0 Å². The lowest BCUT2D eigenvalue weighted by atomic mass is 9.97. The van der Waals surface area contributed by atoms with Gasteiger partial charge in [-0.2, -0.15) is 0 Å². The van der Waals surface area contributed by atoms with Crippen molar-refractivity contribution in [1.29, 1.82) is 0 Å². The summed E-state index contributed by atoms with van der Waals surface area (Å²) in [6.45, 7) is 1.96. The van der Waals surface area contributed by atoms with Gasteiger partial charge in [-0.05, 0) is 51.4 Å². The molecule has 90 valence electrons. The van der Waals surface area contributed by atoms with Crippen LogP contribution in [-0.4, -0.2) is 12.1 Å². The number of allylic oxidation sites excluding steroid dienone is 1. The van der Waals surface area contributed by atoms with E-state index in [0.29, 0.717) is 5.92 Å². The topological polar surface area (TPSA) is 26.3 Å². The van der Waals surface area contributed by atoms with Crippen LogP contribution in [0.1, 0.15) is 58.3 Å². The van der Waals surface area contributed by atoms with Crippen LogP contribution >= 0.6 is 0 Å². The Kier molecular flexibility index (Phi) is 4.03. The number of carbonyl (C=O) groups excluding carboxylic acids is 1. The molecule has 0 aliphatic heterocycles. The van der Waals surface area contributed by atoms with Crippen molar-refractivity contribution in [2.75, 3.05) is 0 Å². The Hall–Kier alpha value is -0.790. The number of carbonyl (C=O) groups is 1. The van der Waals surface area contributed by atoms with E-state index in [0.717, 1.165) is 18.4 Å². The van der Waals surface area contributed by atoms with Crippen molar-refractivity contribution in [2.45, 2.75) is 64.4 Å². The van der Waals surface area contributed by atoms with Gasteiger partial charge in [0, 0.05) is 5.57 Å². The third-order valence-corrected chi connectivity index (χ3v) is 3.92. The maximum Gasteiger partial charge on any atom is 0.334 e. The fourth-order valence-electron chi connectivity index (χ4n) is 2.98. The van der Waals surface area contributed by atoms with E-state index in [9.17, 15) is 4.79 Å². The maximum absolute atomic E-state index is 12.0. The predicted octanol–water partition coefficient (Wildman–Crippen LogP) is 3.61. The van der Waals surface area contributed by atoms with Crippen LogP contribution < -0.4 is 0 Å². The zero-order chi connectivity index (χ0) is 11.4. The molecule has 0 aromatic carbocycles. The Labute approximate surface area is 98.1 Å². The average Bonchev–Trinajstić information content (AvgIpc) is 2.91. The number of ether oxygens (including phenoxy) is 1. The minimum absolute atomic E-state index is 0.0405. The molecule has 0 aromatic heterocycles. The lowest BCUT2D eigenvalue weighted by molar-refractivity contribution is -0.144. The molecule has 2 saturated carbocycles. The second kappa shape index (κ2) is 5.51. The highest BCUT2D eigenvalue weighted by atomic mass is 16.5. The third-order valence-electron chi connectivity index (χ3n) is 3.92. The highest BCUT2D eigenvalue weighted by Gasteiger charge is 2.27. The summed E-state index contributed by atoms with van der Waals surface area (Å²) in [6.07, 6.45) is 11.6. The van der Waals surface area contributed by atoms with E-state index in [1.165, 1.54) is 38.5 Å². The average molecular weight is 222 g/mol. The van der Waals surface area contributed by atoms with E-state index >= 15 is 0 Å². The molecule has 0 N–H and O–H groups in total. The number of esters is 1. The van der Waals surface area contributed by atoms with E-state index in [2.05, 4.69) is 0 Å². The van der Waals surface area contributed by atoms with E-state index < -0.39 is 0 Å². The Bertz CT molecular complexity index is 268. The van der Waals surface area contributed by atoms with Crippen LogP contribution in [0.15, 0.2) is 11.6 Å². The summed E-state index contributed by atoms with van der Waals surface area (Å²) in [4.78, 5) is 12.0. The van der Waals surface area contributed by atoms with E-state index in [1.807, 2.05) is 13.0 Å². The van der Waals surface area contributed by atoms with Gasteiger partial charge in [0.1, 0.15) is 6.10 Å². The molecule has 0 radical (unpaired) electrons. The summed E-state index contributed by atoms with van der Waals surface area (Å²) >= 11 is 0. The number of hydrogen-bond acceptors (Lipinski definition) is 2. The number of rotatable bonds is 3. The molecule has 0 unspecified atom stereocenters. The molecule has 0 heterocycles. The van der Waals surface area contributed by atoms with Crippen molar-refractivity contribution in [2.24, 2.45) is 5.92 Å². The largest absolute Gasteiger partial charge is 0.459 e. The summed E-state index contributed by atoms with van der Waals surface area (Å²) in [5, 5.41) is 0. The zero-order valence-corrected chi connectivity index (χ0v) is 10.2. The molecule has 0 saturated heterocycles. The van der Waals surface area contributed by atoms with Crippen molar-refractivity contribution in [3.05, 3.63) is 11.6 Å². The van der Waals surface area contributed by atoms with Gasteiger partial charge in [0.05, 0.1) is 0 Å². The molecular formula is C14H22O2. The molecule has 2 rings (SSSR count). The normalized spacial score (nSPS) is 23.9. The van der Waals surface area contributed by atoms with Gasteiger partial charge in [-0.15, -0.1) is 0 Å². The van der Waals surface area contributed by atoms with Gasteiger partial charge in [-0.3, -0.25) is 0 Å². The van der Waals surface area contributed by atoms with Crippen molar-refractivity contribution in [3.63, 3.8) is 0 Å². The Morgan fingerprint density at radius 1 is 1.06 bits per heavy atom. The van der Waals surface area contributed by atoms with Gasteiger partial charge in [0.25, 0.3) is 0 Å². The van der Waals surface area contributed by atoms with Gasteiger partial charge in [-0.25, -0.2) is 4.79 Å². The highest BCUT2D eigenvalue weighted by Crippen LogP contribution is 2.32. The molecule has 2 aliphatic rings. The van der Waals surface area contributed by atoms with Crippen LogP contribution in [0.4, 0.5) is 0 Å². The standard InChI is InChI=1S/C14H22O2/c1-2-13(11-7-3-4-8-11)14(15)16-12-9-5-6-10-12/h2,11-12H,3-10H2,1H3/b13-2+. The molecule has 16 heavy (non-hydrogen) atoms. The zero-order valence-electron chi connectivity index (χ0n) is 10.2. The van der Waals surface area contributed by atoms with Crippen LogP contribution in [0.5, 0.6) is 0 Å². The van der Waals surface area contributed by atoms with Gasteiger partial charge >= 0.3 is 5.97 Å². The first-order valence-corrected chi connectivity index (χ1v) is 6.68. The summed E-state index contributed by atoms with van der Waals surface area (Å²) in [5.41, 5.74) is 0.935. The maximum atomic E-state index is 12.0. The minimum Gasteiger partial charge on any atom is -0.459 e. The molecule has 0 atom stereocenters. The highest BCUT2D eigenvalue weighted by molar-refractivity contribution is 5.89. The third kappa shape index (κ3) is 2.66. The van der Waals surface area contributed by atoms with E-state index in [1.54, 1.807) is 0 Å². The summed E-state index contributed by atoms with van der Waals surface area (Å²) < 4.78 is 5.57. The SMILES string of the molecule is C/C=C(/C(=O)OC1CCCC1)C1CCCC1. The first-order chi connectivity index (χ1) is 7.81. The fraction of sp³-hybridized carbons (Fsp3) is 0.786. The van der Waals surface area contributed by atoms with E-state index in [4.69, 9.17) is 4.74 Å². The Morgan fingerprint density at radius 3 is 2.19 bits per heavy atom.